The molecule has 0 aliphatic heterocycles. The van der Waals surface area contributed by atoms with Crippen LogP contribution in [-0.4, -0.2) is 8.76 Å². The monoisotopic (exact) mass is 177 g/mol. The summed E-state index contributed by atoms with van der Waals surface area (Å²) in [5.74, 6) is -0.408. The average Bonchev–Trinajstić information content (AvgIpc) is 1.88. The van der Waals surface area contributed by atoms with Crippen molar-refractivity contribution in [1.29, 1.82) is 0 Å². The SMILES string of the molecule is N.O=S(O)c1ccc(F)cc1. The summed E-state index contributed by atoms with van der Waals surface area (Å²) in [6, 6.07) is 4.82. The van der Waals surface area contributed by atoms with Crippen molar-refractivity contribution in [1.82, 2.24) is 6.15 Å². The molecule has 1 rings (SSSR count). The van der Waals surface area contributed by atoms with Gasteiger partial charge < -0.3 is 10.7 Å². The van der Waals surface area contributed by atoms with Crippen LogP contribution in [0.4, 0.5) is 4.39 Å². The fourth-order valence-electron chi connectivity index (χ4n) is 0.551. The van der Waals surface area contributed by atoms with Crippen molar-refractivity contribution in [2.45, 2.75) is 4.90 Å². The highest BCUT2D eigenvalue weighted by atomic mass is 32.2. The first-order chi connectivity index (χ1) is 4.70. The lowest BCUT2D eigenvalue weighted by Gasteiger charge is -1.91. The van der Waals surface area contributed by atoms with Gasteiger partial charge in [-0.25, -0.2) is 8.60 Å². The number of hydrogen-bond donors (Lipinski definition) is 2. The fourth-order valence-corrected chi connectivity index (χ4v) is 0.920. The number of hydrogen-bond acceptors (Lipinski definition) is 2. The first kappa shape index (κ1) is 10.2. The highest BCUT2D eigenvalue weighted by molar-refractivity contribution is 7.79. The van der Waals surface area contributed by atoms with Gasteiger partial charge in [-0.3, -0.25) is 0 Å². The largest absolute Gasteiger partial charge is 0.344 e. The molecule has 0 aromatic heterocycles. The van der Waals surface area contributed by atoms with E-state index < -0.39 is 16.9 Å². The Morgan fingerprint density at radius 3 is 2.09 bits per heavy atom. The van der Waals surface area contributed by atoms with Crippen LogP contribution in [0.1, 0.15) is 0 Å². The summed E-state index contributed by atoms with van der Waals surface area (Å²) in [6.45, 7) is 0. The second kappa shape index (κ2) is 4.17. The molecule has 4 N–H and O–H groups in total. The van der Waals surface area contributed by atoms with Crippen LogP contribution < -0.4 is 6.15 Å². The van der Waals surface area contributed by atoms with Crippen LogP contribution in [-0.2, 0) is 11.1 Å². The van der Waals surface area contributed by atoms with E-state index in [1.807, 2.05) is 0 Å². The summed E-state index contributed by atoms with van der Waals surface area (Å²) >= 11 is -2.00. The van der Waals surface area contributed by atoms with Gasteiger partial charge in [0.15, 0.2) is 11.1 Å². The van der Waals surface area contributed by atoms with E-state index in [0.29, 0.717) is 0 Å². The smallest absolute Gasteiger partial charge is 0.186 e. The number of halogens is 1. The molecule has 3 nitrogen and oxygen atoms in total. The molecule has 1 aromatic rings. The summed E-state index contributed by atoms with van der Waals surface area (Å²) in [7, 11) is 0. The van der Waals surface area contributed by atoms with Gasteiger partial charge in [0, 0.05) is 0 Å². The normalized spacial score (nSPS) is 11.8. The lowest BCUT2D eigenvalue weighted by atomic mass is 10.4. The molecule has 5 heteroatoms. The van der Waals surface area contributed by atoms with Crippen molar-refractivity contribution in [3.63, 3.8) is 0 Å². The van der Waals surface area contributed by atoms with Gasteiger partial charge in [0.25, 0.3) is 0 Å². The maximum absolute atomic E-state index is 12.2. The topological polar surface area (TPSA) is 72.3 Å². The minimum absolute atomic E-state index is 0. The molecular weight excluding hydrogens is 169 g/mol. The highest BCUT2D eigenvalue weighted by Gasteiger charge is 1.97. The van der Waals surface area contributed by atoms with E-state index in [0.717, 1.165) is 12.1 Å². The predicted molar refractivity (Wildman–Crippen MR) is 40.5 cm³/mol. The Bertz CT molecular complexity index is 249. The van der Waals surface area contributed by atoms with E-state index in [-0.39, 0.29) is 11.0 Å². The second-order valence-corrected chi connectivity index (χ2v) is 2.67. The molecule has 0 saturated heterocycles. The van der Waals surface area contributed by atoms with Gasteiger partial charge in [-0.05, 0) is 24.3 Å². The van der Waals surface area contributed by atoms with Crippen molar-refractivity contribution in [2.75, 3.05) is 0 Å². The molecule has 1 unspecified atom stereocenters. The van der Waals surface area contributed by atoms with Crippen molar-refractivity contribution in [3.05, 3.63) is 30.1 Å². The van der Waals surface area contributed by atoms with E-state index in [1.54, 1.807) is 0 Å². The van der Waals surface area contributed by atoms with Crippen molar-refractivity contribution in [2.24, 2.45) is 0 Å². The Labute approximate surface area is 66.1 Å². The van der Waals surface area contributed by atoms with Crippen LogP contribution in [0.15, 0.2) is 29.2 Å². The molecule has 0 aliphatic rings. The summed E-state index contributed by atoms with van der Waals surface area (Å²) < 4.78 is 30.9. The maximum Gasteiger partial charge on any atom is 0.186 e. The third-order valence-electron chi connectivity index (χ3n) is 1.02. The van der Waals surface area contributed by atoms with E-state index in [9.17, 15) is 8.60 Å². The van der Waals surface area contributed by atoms with Gasteiger partial charge >= 0.3 is 0 Å². The van der Waals surface area contributed by atoms with Crippen LogP contribution in [0.5, 0.6) is 0 Å². The molecule has 11 heavy (non-hydrogen) atoms. The van der Waals surface area contributed by atoms with E-state index >= 15 is 0 Å². The third-order valence-corrected chi connectivity index (χ3v) is 1.69. The van der Waals surface area contributed by atoms with E-state index in [1.165, 1.54) is 12.1 Å². The van der Waals surface area contributed by atoms with Gasteiger partial charge in [-0.2, -0.15) is 0 Å². The Morgan fingerprint density at radius 2 is 1.73 bits per heavy atom. The molecule has 0 amide bonds. The Balaban J connectivity index is 0.000001000. The van der Waals surface area contributed by atoms with Gasteiger partial charge in [-0.1, -0.05) is 0 Å². The molecule has 0 spiro atoms. The standard InChI is InChI=1S/C6H5FO2S.H3N/c7-5-1-3-6(4-2-5)10(8)9;/h1-4H,(H,8,9);1H3. The minimum atomic E-state index is -2.00. The minimum Gasteiger partial charge on any atom is -0.344 e. The first-order valence-corrected chi connectivity index (χ1v) is 3.67. The van der Waals surface area contributed by atoms with Gasteiger partial charge in [0.05, 0.1) is 4.90 Å². The van der Waals surface area contributed by atoms with Crippen LogP contribution in [0.3, 0.4) is 0 Å². The van der Waals surface area contributed by atoms with Crippen molar-refractivity contribution >= 4 is 11.1 Å². The van der Waals surface area contributed by atoms with E-state index in [4.69, 9.17) is 4.55 Å². The Morgan fingerprint density at radius 1 is 1.27 bits per heavy atom. The molecule has 0 radical (unpaired) electrons. The molecule has 0 aliphatic carbocycles. The van der Waals surface area contributed by atoms with Gasteiger partial charge in [0.2, 0.25) is 0 Å². The van der Waals surface area contributed by atoms with Crippen molar-refractivity contribution in [3.8, 4) is 0 Å². The van der Waals surface area contributed by atoms with Crippen LogP contribution in [0.25, 0.3) is 0 Å². The van der Waals surface area contributed by atoms with Crippen LogP contribution >= 0.6 is 0 Å². The zero-order valence-corrected chi connectivity index (χ0v) is 6.47. The first-order valence-electron chi connectivity index (χ1n) is 2.56. The maximum atomic E-state index is 12.2. The molecule has 1 atom stereocenters. The molecule has 0 fully saturated rings. The lowest BCUT2D eigenvalue weighted by molar-refractivity contribution is 0.563. The number of benzene rings is 1. The average molecular weight is 177 g/mol. The van der Waals surface area contributed by atoms with Gasteiger partial charge in [0.1, 0.15) is 5.82 Å². The predicted octanol–water partition coefficient (Wildman–Crippen LogP) is 1.57. The zero-order valence-electron chi connectivity index (χ0n) is 5.66. The zero-order chi connectivity index (χ0) is 7.56. The summed E-state index contributed by atoms with van der Waals surface area (Å²) in [5, 5.41) is 0. The van der Waals surface area contributed by atoms with E-state index in [2.05, 4.69) is 0 Å². The second-order valence-electron chi connectivity index (χ2n) is 1.70. The molecule has 0 bridgehead atoms. The molecule has 62 valence electrons. The summed E-state index contributed by atoms with van der Waals surface area (Å²) in [6.07, 6.45) is 0. The highest BCUT2D eigenvalue weighted by Crippen LogP contribution is 2.04. The Kier molecular flexibility index (Phi) is 3.88. The van der Waals surface area contributed by atoms with Gasteiger partial charge in [-0.15, -0.1) is 0 Å². The lowest BCUT2D eigenvalue weighted by Crippen LogP contribution is -1.86. The van der Waals surface area contributed by atoms with Crippen molar-refractivity contribution < 1.29 is 13.2 Å². The quantitative estimate of drug-likeness (QED) is 0.639. The molecule has 0 saturated carbocycles. The molecule has 0 heterocycles. The van der Waals surface area contributed by atoms with Crippen LogP contribution in [0, 0.1) is 5.82 Å². The van der Waals surface area contributed by atoms with Crippen LogP contribution in [0.2, 0.25) is 0 Å². The third kappa shape index (κ3) is 2.75. The fraction of sp³-hybridized carbons (Fsp3) is 0. The summed E-state index contributed by atoms with van der Waals surface area (Å²) in [5.41, 5.74) is 0. The molecule has 1 aromatic carbocycles. The molecular formula is C6H8FNO2S. The number of rotatable bonds is 1. The summed E-state index contributed by atoms with van der Waals surface area (Å²) in [4.78, 5) is 0.210. The Hall–Kier alpha value is -0.780.